The molecule has 2 rings (SSSR count). The summed E-state index contributed by atoms with van der Waals surface area (Å²) in [5, 5.41) is 14.5. The van der Waals surface area contributed by atoms with Gasteiger partial charge in [-0.15, -0.1) is 5.10 Å². The van der Waals surface area contributed by atoms with E-state index < -0.39 is 0 Å². The highest BCUT2D eigenvalue weighted by Crippen LogP contribution is 2.19. The summed E-state index contributed by atoms with van der Waals surface area (Å²) in [7, 11) is 0. The van der Waals surface area contributed by atoms with E-state index >= 15 is 0 Å². The monoisotopic (exact) mass is 287 g/mol. The Morgan fingerprint density at radius 2 is 2.00 bits per heavy atom. The van der Waals surface area contributed by atoms with Crippen molar-refractivity contribution in [1.82, 2.24) is 20.2 Å². The molecular weight excluding hydrogens is 266 g/mol. The number of rotatable bonds is 3. The van der Waals surface area contributed by atoms with Gasteiger partial charge in [-0.05, 0) is 35.9 Å². The van der Waals surface area contributed by atoms with Crippen LogP contribution in [0.25, 0.3) is 0 Å². The first kappa shape index (κ1) is 15.2. The molecule has 1 aromatic heterocycles. The van der Waals surface area contributed by atoms with Crippen LogP contribution < -0.4 is 5.32 Å². The van der Waals surface area contributed by atoms with Crippen LogP contribution in [0.5, 0.6) is 0 Å². The van der Waals surface area contributed by atoms with Crippen molar-refractivity contribution in [2.24, 2.45) is 0 Å². The van der Waals surface area contributed by atoms with Crippen molar-refractivity contribution in [3.8, 4) is 0 Å². The fourth-order valence-electron chi connectivity index (χ4n) is 2.13. The molecule has 0 saturated carbocycles. The maximum Gasteiger partial charge on any atom is 0.246 e. The lowest BCUT2D eigenvalue weighted by molar-refractivity contribution is -0.117. The fourth-order valence-corrected chi connectivity index (χ4v) is 2.13. The third-order valence-electron chi connectivity index (χ3n) is 3.15. The Morgan fingerprint density at radius 1 is 1.29 bits per heavy atom. The van der Waals surface area contributed by atoms with E-state index in [0.29, 0.717) is 5.82 Å². The highest BCUT2D eigenvalue weighted by atomic mass is 16.2. The van der Waals surface area contributed by atoms with Gasteiger partial charge in [0.15, 0.2) is 5.82 Å². The van der Waals surface area contributed by atoms with Crippen LogP contribution >= 0.6 is 0 Å². The van der Waals surface area contributed by atoms with E-state index in [1.807, 2.05) is 52.8 Å². The number of amides is 1. The molecule has 1 heterocycles. The van der Waals surface area contributed by atoms with Crippen molar-refractivity contribution in [3.63, 3.8) is 0 Å². The van der Waals surface area contributed by atoms with Gasteiger partial charge in [0.25, 0.3) is 0 Å². The third kappa shape index (κ3) is 3.65. The lowest BCUT2D eigenvalue weighted by Crippen LogP contribution is -2.26. The molecule has 0 fully saturated rings. The maximum atomic E-state index is 12.2. The molecule has 21 heavy (non-hydrogen) atoms. The second-order valence-corrected chi connectivity index (χ2v) is 6.28. The summed E-state index contributed by atoms with van der Waals surface area (Å²) in [5.41, 5.74) is 2.82. The molecule has 2 aromatic rings. The number of hydrogen-bond acceptors (Lipinski definition) is 4. The largest absolute Gasteiger partial charge is 0.324 e. The first-order valence-electron chi connectivity index (χ1n) is 6.91. The molecule has 0 bridgehead atoms. The molecule has 0 aliphatic rings. The summed E-state index contributed by atoms with van der Waals surface area (Å²) in [4.78, 5) is 12.2. The Bertz CT molecular complexity index is 654. The van der Waals surface area contributed by atoms with Crippen LogP contribution in [0.1, 0.15) is 37.7 Å². The van der Waals surface area contributed by atoms with Gasteiger partial charge in [-0.2, -0.15) is 0 Å². The van der Waals surface area contributed by atoms with Crippen molar-refractivity contribution in [2.75, 3.05) is 5.32 Å². The van der Waals surface area contributed by atoms with Crippen LogP contribution in [0.2, 0.25) is 0 Å². The molecule has 0 unspecified atom stereocenters. The number of aromatic nitrogens is 4. The van der Waals surface area contributed by atoms with Gasteiger partial charge in [0.1, 0.15) is 6.54 Å². The van der Waals surface area contributed by atoms with Crippen LogP contribution in [0, 0.1) is 13.8 Å². The molecule has 6 nitrogen and oxygen atoms in total. The number of hydrogen-bond donors (Lipinski definition) is 1. The number of carbonyl (C=O) groups is 1. The fraction of sp³-hybridized carbons (Fsp3) is 0.467. The van der Waals surface area contributed by atoms with Gasteiger partial charge in [0.05, 0.1) is 0 Å². The van der Waals surface area contributed by atoms with Gasteiger partial charge in [0.2, 0.25) is 5.91 Å². The van der Waals surface area contributed by atoms with E-state index in [4.69, 9.17) is 0 Å². The second kappa shape index (κ2) is 5.63. The van der Waals surface area contributed by atoms with E-state index in [-0.39, 0.29) is 17.9 Å². The van der Waals surface area contributed by atoms with Crippen LogP contribution in [0.15, 0.2) is 18.2 Å². The zero-order valence-corrected chi connectivity index (χ0v) is 13.1. The van der Waals surface area contributed by atoms with Gasteiger partial charge in [-0.3, -0.25) is 4.79 Å². The summed E-state index contributed by atoms with van der Waals surface area (Å²) in [5.74, 6) is 0.554. The predicted molar refractivity (Wildman–Crippen MR) is 81.1 cm³/mol. The number of anilines is 1. The van der Waals surface area contributed by atoms with Crippen molar-refractivity contribution in [3.05, 3.63) is 35.2 Å². The van der Waals surface area contributed by atoms with Crippen LogP contribution in [-0.2, 0) is 16.8 Å². The summed E-state index contributed by atoms with van der Waals surface area (Å²) < 4.78 is 1.54. The Kier molecular flexibility index (Phi) is 4.06. The Balaban J connectivity index is 2.11. The molecule has 6 heteroatoms. The molecule has 0 aliphatic heterocycles. The lowest BCUT2D eigenvalue weighted by Gasteiger charge is -2.17. The SMILES string of the molecule is Cc1ccc(NC(=O)Cn2nnnc2C(C)(C)C)c(C)c1. The molecule has 0 aliphatic carbocycles. The van der Waals surface area contributed by atoms with Crippen LogP contribution in [0.4, 0.5) is 5.69 Å². The van der Waals surface area contributed by atoms with Gasteiger partial charge in [-0.25, -0.2) is 4.68 Å². The summed E-state index contributed by atoms with van der Waals surface area (Å²) >= 11 is 0. The molecule has 0 spiro atoms. The first-order chi connectivity index (χ1) is 9.77. The molecule has 1 amide bonds. The van der Waals surface area contributed by atoms with Crippen molar-refractivity contribution >= 4 is 11.6 Å². The maximum absolute atomic E-state index is 12.2. The number of tetrazole rings is 1. The van der Waals surface area contributed by atoms with Gasteiger partial charge in [-0.1, -0.05) is 38.5 Å². The van der Waals surface area contributed by atoms with E-state index in [0.717, 1.165) is 11.3 Å². The number of nitrogens with zero attached hydrogens (tertiary/aromatic N) is 4. The quantitative estimate of drug-likeness (QED) is 0.939. The first-order valence-corrected chi connectivity index (χ1v) is 6.91. The predicted octanol–water partition coefficient (Wildman–Crippen LogP) is 2.23. The number of carbonyl (C=O) groups excluding carboxylic acids is 1. The summed E-state index contributed by atoms with van der Waals surface area (Å²) in [6.45, 7) is 10.1. The Labute approximate surface area is 124 Å². The number of aryl methyl sites for hydroxylation is 2. The normalized spacial score (nSPS) is 11.5. The minimum absolute atomic E-state index is 0.104. The highest BCUT2D eigenvalue weighted by molar-refractivity contribution is 5.91. The summed E-state index contributed by atoms with van der Waals surface area (Å²) in [6, 6.07) is 5.92. The zero-order valence-electron chi connectivity index (χ0n) is 13.1. The minimum Gasteiger partial charge on any atom is -0.324 e. The average molecular weight is 287 g/mol. The number of nitrogens with one attached hydrogen (secondary N) is 1. The smallest absolute Gasteiger partial charge is 0.246 e. The van der Waals surface area contributed by atoms with E-state index in [1.165, 1.54) is 5.56 Å². The van der Waals surface area contributed by atoms with Crippen LogP contribution in [-0.4, -0.2) is 26.1 Å². The average Bonchev–Trinajstić information content (AvgIpc) is 2.80. The van der Waals surface area contributed by atoms with Crippen molar-refractivity contribution in [2.45, 2.75) is 46.6 Å². The third-order valence-corrected chi connectivity index (χ3v) is 3.15. The topological polar surface area (TPSA) is 72.7 Å². The molecule has 1 aromatic carbocycles. The number of benzene rings is 1. The highest BCUT2D eigenvalue weighted by Gasteiger charge is 2.23. The Hall–Kier alpha value is -2.24. The molecule has 0 atom stereocenters. The van der Waals surface area contributed by atoms with Crippen LogP contribution in [0.3, 0.4) is 0 Å². The molecule has 0 saturated heterocycles. The molecular formula is C15H21N5O. The van der Waals surface area contributed by atoms with E-state index in [2.05, 4.69) is 20.8 Å². The Morgan fingerprint density at radius 3 is 2.62 bits per heavy atom. The molecule has 112 valence electrons. The zero-order chi connectivity index (χ0) is 15.6. The van der Waals surface area contributed by atoms with Gasteiger partial charge >= 0.3 is 0 Å². The van der Waals surface area contributed by atoms with Crippen molar-refractivity contribution in [1.29, 1.82) is 0 Å². The van der Waals surface area contributed by atoms with E-state index in [1.54, 1.807) is 4.68 Å². The second-order valence-electron chi connectivity index (χ2n) is 6.28. The van der Waals surface area contributed by atoms with Gasteiger partial charge in [0, 0.05) is 11.1 Å². The lowest BCUT2D eigenvalue weighted by atomic mass is 9.96. The standard InChI is InChI=1S/C15H21N5O/c1-10-6-7-12(11(2)8-10)16-13(21)9-20-14(15(3,4)5)17-18-19-20/h6-8H,9H2,1-5H3,(H,16,21). The van der Waals surface area contributed by atoms with Gasteiger partial charge < -0.3 is 5.32 Å². The molecule has 1 N–H and O–H groups in total. The summed E-state index contributed by atoms with van der Waals surface area (Å²) in [6.07, 6.45) is 0. The molecule has 0 radical (unpaired) electrons. The minimum atomic E-state index is -0.205. The van der Waals surface area contributed by atoms with E-state index in [9.17, 15) is 4.79 Å². The van der Waals surface area contributed by atoms with Crippen molar-refractivity contribution < 1.29 is 4.79 Å².